The Balaban J connectivity index is 1.68. The number of fused-ring (bicyclic) bond motifs is 2. The van der Waals surface area contributed by atoms with Crippen LogP contribution in [0.2, 0.25) is 0 Å². The zero-order chi connectivity index (χ0) is 32.3. The molecule has 13 heteroatoms. The largest absolute Gasteiger partial charge is 0.455 e. The van der Waals surface area contributed by atoms with Gasteiger partial charge in [0.25, 0.3) is 5.91 Å². The van der Waals surface area contributed by atoms with E-state index in [1.165, 1.54) is 67.9 Å². The number of aromatic nitrogens is 1. The number of sulfonamides is 1. The molecule has 0 atom stereocenters. The third-order valence-corrected chi connectivity index (χ3v) is 9.66. The highest BCUT2D eigenvalue weighted by molar-refractivity contribution is 7.92. The van der Waals surface area contributed by atoms with Crippen molar-refractivity contribution in [3.05, 3.63) is 95.9 Å². The van der Waals surface area contributed by atoms with Crippen LogP contribution in [0.3, 0.4) is 0 Å². The van der Waals surface area contributed by atoms with Crippen LogP contribution in [0.1, 0.15) is 16.1 Å². The molecule has 0 bridgehead atoms. The molecule has 3 heterocycles. The number of carbonyl (C=O) groups is 1. The number of rotatable bonds is 6. The Bertz CT molecular complexity index is 2190. The molecule has 0 unspecified atom stereocenters. The number of hydrogen-bond acceptors (Lipinski definition) is 6. The van der Waals surface area contributed by atoms with Crippen molar-refractivity contribution >= 4 is 54.0 Å². The summed E-state index contributed by atoms with van der Waals surface area (Å²) in [4.78, 5) is 17.7. The van der Waals surface area contributed by atoms with Gasteiger partial charge >= 0.3 is 6.18 Å². The summed E-state index contributed by atoms with van der Waals surface area (Å²) in [6.07, 6.45) is -3.88. The number of benzene rings is 3. The number of pyridine rings is 1. The lowest BCUT2D eigenvalue weighted by Crippen LogP contribution is -2.25. The minimum absolute atomic E-state index is 0.0143. The highest BCUT2D eigenvalue weighted by Gasteiger charge is 2.34. The van der Waals surface area contributed by atoms with Gasteiger partial charge in [0.05, 0.1) is 23.2 Å². The smallest absolute Gasteiger partial charge is 0.433 e. The van der Waals surface area contributed by atoms with E-state index in [2.05, 4.69) is 10.3 Å². The minimum atomic E-state index is -4.83. The fraction of sp³-hybridized carbons (Fsp3) is 0.125. The van der Waals surface area contributed by atoms with E-state index in [1.807, 2.05) is 24.3 Å². The quantitative estimate of drug-likeness (QED) is 0.184. The Morgan fingerprint density at radius 3 is 2.33 bits per heavy atom. The number of carbonyl (C=O) groups excluding carboxylic acids is 1. The number of nitrogens with zero attached hydrogens (tertiary/aromatic N) is 2. The van der Waals surface area contributed by atoms with Crippen molar-refractivity contribution in [1.29, 1.82) is 0 Å². The minimum Gasteiger partial charge on any atom is -0.455 e. The predicted molar refractivity (Wildman–Crippen MR) is 167 cm³/mol. The van der Waals surface area contributed by atoms with E-state index in [4.69, 9.17) is 4.42 Å². The molecule has 7 nitrogen and oxygen atoms in total. The average Bonchev–Trinajstić information content (AvgIpc) is 3.60. The Morgan fingerprint density at radius 2 is 1.69 bits per heavy atom. The number of halogens is 4. The molecule has 45 heavy (non-hydrogen) atoms. The van der Waals surface area contributed by atoms with Crippen LogP contribution in [0, 0.1) is 5.82 Å². The predicted octanol–water partition coefficient (Wildman–Crippen LogP) is 7.96. The fourth-order valence-corrected chi connectivity index (χ4v) is 6.57. The fourth-order valence-electron chi connectivity index (χ4n) is 5.01. The van der Waals surface area contributed by atoms with Crippen LogP contribution in [0.15, 0.2) is 83.3 Å². The van der Waals surface area contributed by atoms with Crippen LogP contribution in [-0.2, 0) is 16.2 Å². The first kappa shape index (κ1) is 30.3. The molecule has 6 rings (SSSR count). The molecule has 1 amide bonds. The van der Waals surface area contributed by atoms with Gasteiger partial charge in [-0.3, -0.25) is 9.10 Å². The maximum Gasteiger partial charge on any atom is 0.433 e. The standard InChI is InChI=1S/C32H23F4N3O4S2/c1-37-31(40)29-22-15-21(24(39(2)45(3,41)42)16-25(22)43-30(29)17-8-10-20(33)11-9-17)23-12-19(14-28(38-23)32(34,35)36)27-13-18-6-4-5-7-26(18)44-27/h4-16H,1-3H3,(H,37,40). The summed E-state index contributed by atoms with van der Waals surface area (Å²) in [5.74, 6) is -1.02. The van der Waals surface area contributed by atoms with Gasteiger partial charge in [-0.25, -0.2) is 17.8 Å². The van der Waals surface area contributed by atoms with Crippen molar-refractivity contribution in [3.63, 3.8) is 0 Å². The lowest BCUT2D eigenvalue weighted by molar-refractivity contribution is -0.141. The maximum atomic E-state index is 14.3. The molecule has 0 spiro atoms. The van der Waals surface area contributed by atoms with Crippen molar-refractivity contribution in [2.75, 3.05) is 24.7 Å². The summed E-state index contributed by atoms with van der Waals surface area (Å²) < 4.78 is 89.8. The van der Waals surface area contributed by atoms with Crippen LogP contribution in [0.4, 0.5) is 23.2 Å². The first-order valence-corrected chi connectivity index (χ1v) is 16.0. The molecule has 0 saturated heterocycles. The summed E-state index contributed by atoms with van der Waals surface area (Å²) in [5, 5.41) is 3.58. The lowest BCUT2D eigenvalue weighted by Gasteiger charge is -2.21. The molecule has 0 aliphatic rings. The summed E-state index contributed by atoms with van der Waals surface area (Å²) in [7, 11) is -1.28. The normalized spacial score (nSPS) is 12.2. The zero-order valence-corrected chi connectivity index (χ0v) is 25.5. The van der Waals surface area contributed by atoms with Crippen LogP contribution in [0.5, 0.6) is 0 Å². The molecule has 1 N–H and O–H groups in total. The van der Waals surface area contributed by atoms with Gasteiger partial charge in [0.15, 0.2) is 0 Å². The number of hydrogen-bond donors (Lipinski definition) is 1. The highest BCUT2D eigenvalue weighted by Crippen LogP contribution is 2.44. The van der Waals surface area contributed by atoms with Crippen LogP contribution < -0.4 is 9.62 Å². The number of amides is 1. The second-order valence-corrected chi connectivity index (χ2v) is 13.4. The third kappa shape index (κ3) is 5.64. The zero-order valence-electron chi connectivity index (χ0n) is 23.9. The summed E-state index contributed by atoms with van der Waals surface area (Å²) >= 11 is 1.31. The number of anilines is 1. The number of furan rings is 1. The van der Waals surface area contributed by atoms with E-state index >= 15 is 0 Å². The highest BCUT2D eigenvalue weighted by atomic mass is 32.2. The monoisotopic (exact) mass is 653 g/mol. The van der Waals surface area contributed by atoms with E-state index in [0.29, 0.717) is 10.4 Å². The average molecular weight is 654 g/mol. The molecule has 0 aliphatic heterocycles. The maximum absolute atomic E-state index is 14.3. The van der Waals surface area contributed by atoms with Crippen LogP contribution in [0.25, 0.3) is 54.1 Å². The topological polar surface area (TPSA) is 92.5 Å². The molecule has 0 radical (unpaired) electrons. The number of nitrogens with one attached hydrogen (secondary N) is 1. The van der Waals surface area contributed by atoms with E-state index < -0.39 is 33.6 Å². The second-order valence-electron chi connectivity index (χ2n) is 10.3. The van der Waals surface area contributed by atoms with E-state index in [9.17, 15) is 30.8 Å². The molecule has 3 aromatic carbocycles. The lowest BCUT2D eigenvalue weighted by atomic mass is 9.99. The van der Waals surface area contributed by atoms with Crippen LogP contribution >= 0.6 is 11.3 Å². The molecule has 3 aromatic heterocycles. The van der Waals surface area contributed by atoms with Gasteiger partial charge < -0.3 is 9.73 Å². The van der Waals surface area contributed by atoms with Gasteiger partial charge in [0.2, 0.25) is 10.0 Å². The van der Waals surface area contributed by atoms with Crippen molar-refractivity contribution in [2.24, 2.45) is 0 Å². The van der Waals surface area contributed by atoms with Gasteiger partial charge in [-0.1, -0.05) is 18.2 Å². The van der Waals surface area contributed by atoms with Gasteiger partial charge in [0, 0.05) is 46.3 Å². The molecule has 0 saturated carbocycles. The Hall–Kier alpha value is -4.75. The van der Waals surface area contributed by atoms with Crippen molar-refractivity contribution < 1.29 is 35.2 Å². The summed E-state index contributed by atoms with van der Waals surface area (Å²) in [6, 6.07) is 19.5. The van der Waals surface area contributed by atoms with Gasteiger partial charge in [-0.15, -0.1) is 11.3 Å². The Kier molecular flexibility index (Phi) is 7.40. The third-order valence-electron chi connectivity index (χ3n) is 7.31. The SMILES string of the molecule is CNC(=O)c1c(-c2ccc(F)cc2)oc2cc(N(C)S(C)(=O)=O)c(-c3cc(-c4cc5ccccc5s4)cc(C(F)(F)F)n3)cc12. The molecular formula is C32H23F4N3O4S2. The van der Waals surface area contributed by atoms with Gasteiger partial charge in [-0.2, -0.15) is 13.2 Å². The van der Waals surface area contributed by atoms with E-state index in [-0.39, 0.29) is 44.8 Å². The van der Waals surface area contributed by atoms with Crippen molar-refractivity contribution in [3.8, 4) is 33.0 Å². The van der Waals surface area contributed by atoms with Gasteiger partial charge in [0.1, 0.15) is 22.9 Å². The molecule has 6 aromatic rings. The Morgan fingerprint density at radius 1 is 0.978 bits per heavy atom. The summed E-state index contributed by atoms with van der Waals surface area (Å²) in [6.45, 7) is 0. The van der Waals surface area contributed by atoms with Crippen molar-refractivity contribution in [2.45, 2.75) is 6.18 Å². The first-order valence-electron chi connectivity index (χ1n) is 13.4. The first-order chi connectivity index (χ1) is 21.2. The van der Waals surface area contributed by atoms with E-state index in [1.54, 1.807) is 6.07 Å². The van der Waals surface area contributed by atoms with Crippen molar-refractivity contribution in [1.82, 2.24) is 10.3 Å². The summed E-state index contributed by atoms with van der Waals surface area (Å²) in [5.41, 5.74) is -0.655. The molecule has 230 valence electrons. The van der Waals surface area contributed by atoms with Gasteiger partial charge in [-0.05, 0) is 65.5 Å². The number of alkyl halides is 3. The molecule has 0 aliphatic carbocycles. The molecule has 0 fully saturated rings. The molecular weight excluding hydrogens is 630 g/mol. The second kappa shape index (κ2) is 11.0. The van der Waals surface area contributed by atoms with E-state index in [0.717, 1.165) is 26.7 Å². The van der Waals surface area contributed by atoms with Crippen LogP contribution in [-0.4, -0.2) is 39.7 Å². The Labute approximate surface area is 258 Å². The number of thiophene rings is 1.